The van der Waals surface area contributed by atoms with Gasteiger partial charge < -0.3 is 9.47 Å². The number of hydrogen-bond acceptors (Lipinski definition) is 3. The number of nitrogens with zero attached hydrogens (tertiary/aromatic N) is 1. The summed E-state index contributed by atoms with van der Waals surface area (Å²) in [6.07, 6.45) is -0.254. The first-order valence-electron chi connectivity index (χ1n) is 4.97. The molecule has 0 N–H and O–H groups in total. The fourth-order valence-corrected chi connectivity index (χ4v) is 0.956. The van der Waals surface area contributed by atoms with Crippen molar-refractivity contribution in [2.75, 3.05) is 13.2 Å². The molecule has 64 valence electrons. The van der Waals surface area contributed by atoms with Crippen molar-refractivity contribution in [3.05, 3.63) is 22.9 Å². The molecular formula is C8H8BrNO2. The van der Waals surface area contributed by atoms with Crippen molar-refractivity contribution in [3.8, 4) is 5.75 Å². The molecule has 0 radical (unpaired) electrons. The zero-order chi connectivity index (χ0) is 11.0. The van der Waals surface area contributed by atoms with E-state index in [0.717, 1.165) is 0 Å². The number of hydrogen-bond donors (Lipinski definition) is 0. The van der Waals surface area contributed by atoms with Crippen LogP contribution in [0.1, 0.15) is 4.11 Å². The zero-order valence-electron chi connectivity index (χ0n) is 9.13. The standard InChI is InChI=1S/C8H8BrNO2/c9-8-2-1-6(3-10-8)12-7-4-11-5-7/h1-3,7H,4-5H2/i1D,2D,3D. The van der Waals surface area contributed by atoms with E-state index in [2.05, 4.69) is 20.9 Å². The van der Waals surface area contributed by atoms with Crippen molar-refractivity contribution in [1.29, 1.82) is 0 Å². The Morgan fingerprint density at radius 3 is 3.17 bits per heavy atom. The van der Waals surface area contributed by atoms with Gasteiger partial charge in [0.15, 0.2) is 0 Å². The maximum absolute atomic E-state index is 7.63. The molecule has 0 spiro atoms. The molecule has 3 nitrogen and oxygen atoms in total. The number of rotatable bonds is 2. The summed E-state index contributed by atoms with van der Waals surface area (Å²) >= 11 is 3.01. The van der Waals surface area contributed by atoms with Crippen LogP contribution < -0.4 is 4.74 Å². The van der Waals surface area contributed by atoms with Crippen molar-refractivity contribution < 1.29 is 13.6 Å². The quantitative estimate of drug-likeness (QED) is 0.727. The molecule has 12 heavy (non-hydrogen) atoms. The predicted octanol–water partition coefficient (Wildman–Crippen LogP) is 1.62. The van der Waals surface area contributed by atoms with Gasteiger partial charge in [0.25, 0.3) is 0 Å². The lowest BCUT2D eigenvalue weighted by Crippen LogP contribution is -2.38. The summed E-state index contributed by atoms with van der Waals surface area (Å²) < 4.78 is 33.1. The van der Waals surface area contributed by atoms with Crippen LogP contribution in [0.3, 0.4) is 0 Å². The predicted molar refractivity (Wildman–Crippen MR) is 47.2 cm³/mol. The molecule has 0 aromatic carbocycles. The lowest BCUT2D eigenvalue weighted by Gasteiger charge is -2.26. The normalized spacial score (nSPS) is 20.6. The second kappa shape index (κ2) is 3.41. The van der Waals surface area contributed by atoms with Crippen LogP contribution in [0.2, 0.25) is 0 Å². The number of pyridine rings is 1. The Morgan fingerprint density at radius 1 is 1.67 bits per heavy atom. The Hall–Kier alpha value is -0.610. The SMILES string of the molecule is [2H]c1nc(Br)c([2H])c([2H])c1OC1COC1. The fourth-order valence-electron chi connectivity index (χ4n) is 0.769. The minimum Gasteiger partial charge on any atom is -0.484 e. The van der Waals surface area contributed by atoms with Crippen LogP contribution in [0.15, 0.2) is 22.9 Å². The Kier molecular flexibility index (Phi) is 1.48. The topological polar surface area (TPSA) is 31.4 Å². The Balaban J connectivity index is 2.32. The van der Waals surface area contributed by atoms with Gasteiger partial charge in [-0.1, -0.05) is 0 Å². The van der Waals surface area contributed by atoms with Crippen LogP contribution in [-0.2, 0) is 4.74 Å². The fraction of sp³-hybridized carbons (Fsp3) is 0.375. The molecule has 2 rings (SSSR count). The molecular weight excluding hydrogens is 222 g/mol. The lowest BCUT2D eigenvalue weighted by molar-refractivity contribution is -0.0798. The van der Waals surface area contributed by atoms with Gasteiger partial charge in [-0.15, -0.1) is 0 Å². The highest BCUT2D eigenvalue weighted by Gasteiger charge is 2.19. The van der Waals surface area contributed by atoms with Crippen LogP contribution >= 0.6 is 15.9 Å². The second-order valence-electron chi connectivity index (χ2n) is 2.37. The summed E-state index contributed by atoms with van der Waals surface area (Å²) in [5.74, 6) is 0.0523. The Morgan fingerprint density at radius 2 is 2.50 bits per heavy atom. The van der Waals surface area contributed by atoms with Crippen LogP contribution in [0.25, 0.3) is 0 Å². The molecule has 1 aliphatic rings. The molecule has 1 aromatic heterocycles. The Labute approximate surface area is 83.0 Å². The third kappa shape index (κ3) is 1.76. The van der Waals surface area contributed by atoms with E-state index in [0.29, 0.717) is 13.2 Å². The van der Waals surface area contributed by atoms with E-state index < -0.39 is 0 Å². The molecule has 2 heterocycles. The van der Waals surface area contributed by atoms with Crippen molar-refractivity contribution in [3.63, 3.8) is 0 Å². The molecule has 0 unspecified atom stereocenters. The average molecular weight is 233 g/mol. The lowest BCUT2D eigenvalue weighted by atomic mass is 10.3. The molecule has 0 saturated carbocycles. The van der Waals surface area contributed by atoms with Crippen molar-refractivity contribution in [1.82, 2.24) is 4.98 Å². The van der Waals surface area contributed by atoms with Gasteiger partial charge in [-0.25, -0.2) is 4.98 Å². The molecule has 0 amide bonds. The van der Waals surface area contributed by atoms with Crippen LogP contribution in [0, 0.1) is 0 Å². The van der Waals surface area contributed by atoms with E-state index in [1.54, 1.807) is 0 Å². The summed E-state index contributed by atoms with van der Waals surface area (Å²) in [6, 6.07) is -0.185. The van der Waals surface area contributed by atoms with Gasteiger partial charge in [-0.3, -0.25) is 0 Å². The van der Waals surface area contributed by atoms with Gasteiger partial charge in [0.2, 0.25) is 0 Å². The molecule has 0 bridgehead atoms. The maximum Gasteiger partial charge on any atom is 0.145 e. The highest BCUT2D eigenvalue weighted by atomic mass is 79.9. The molecule has 0 atom stereocenters. The second-order valence-corrected chi connectivity index (χ2v) is 3.12. The van der Waals surface area contributed by atoms with Crippen molar-refractivity contribution >= 4 is 15.9 Å². The van der Waals surface area contributed by atoms with Crippen molar-refractivity contribution in [2.45, 2.75) is 6.10 Å². The third-order valence-corrected chi connectivity index (χ3v) is 1.80. The summed E-state index contributed by atoms with van der Waals surface area (Å²) in [6.45, 7) is 0.921. The Bertz CT molecular complexity index is 398. The summed E-state index contributed by atoms with van der Waals surface area (Å²) in [4.78, 5) is 3.76. The summed E-state index contributed by atoms with van der Waals surface area (Å²) in [5.41, 5.74) is 0. The molecule has 4 heteroatoms. The smallest absolute Gasteiger partial charge is 0.145 e. The highest BCUT2D eigenvalue weighted by Crippen LogP contribution is 2.16. The summed E-state index contributed by atoms with van der Waals surface area (Å²) in [7, 11) is 0. The first kappa shape index (κ1) is 5.19. The van der Waals surface area contributed by atoms with Gasteiger partial charge in [-0.05, 0) is 28.0 Å². The zero-order valence-corrected chi connectivity index (χ0v) is 7.72. The van der Waals surface area contributed by atoms with E-state index in [9.17, 15) is 0 Å². The number of aromatic nitrogens is 1. The monoisotopic (exact) mass is 232 g/mol. The number of ether oxygens (including phenoxy) is 2. The van der Waals surface area contributed by atoms with Gasteiger partial charge in [0.05, 0.1) is 23.5 Å². The first-order chi connectivity index (χ1) is 7.09. The number of halogens is 1. The molecule has 1 aliphatic heterocycles. The minimum atomic E-state index is -0.130. The average Bonchev–Trinajstić information content (AvgIpc) is 2.11. The highest BCUT2D eigenvalue weighted by molar-refractivity contribution is 9.10. The van der Waals surface area contributed by atoms with Crippen LogP contribution in [0.4, 0.5) is 0 Å². The van der Waals surface area contributed by atoms with Gasteiger partial charge >= 0.3 is 0 Å². The van der Waals surface area contributed by atoms with Gasteiger partial charge in [0, 0.05) is 0 Å². The third-order valence-electron chi connectivity index (χ3n) is 1.43. The largest absolute Gasteiger partial charge is 0.484 e. The van der Waals surface area contributed by atoms with Crippen molar-refractivity contribution in [2.24, 2.45) is 0 Å². The van der Waals surface area contributed by atoms with Crippen LogP contribution in [-0.4, -0.2) is 24.3 Å². The molecule has 0 aliphatic carbocycles. The van der Waals surface area contributed by atoms with Crippen LogP contribution in [0.5, 0.6) is 5.75 Å². The molecule has 1 aromatic rings. The van der Waals surface area contributed by atoms with E-state index >= 15 is 0 Å². The first-order valence-corrected chi connectivity index (χ1v) is 4.26. The minimum absolute atomic E-state index is 0.0523. The van der Waals surface area contributed by atoms with E-state index in [4.69, 9.17) is 13.6 Å². The molecule has 1 fully saturated rings. The summed E-state index contributed by atoms with van der Waals surface area (Å²) in [5, 5.41) is 0. The van der Waals surface area contributed by atoms with Gasteiger partial charge in [0.1, 0.15) is 16.5 Å². The van der Waals surface area contributed by atoms with Gasteiger partial charge in [-0.2, -0.15) is 0 Å². The maximum atomic E-state index is 7.63. The van der Waals surface area contributed by atoms with E-state index in [1.807, 2.05) is 0 Å². The van der Waals surface area contributed by atoms with E-state index in [-0.39, 0.29) is 34.7 Å². The van der Waals surface area contributed by atoms with E-state index in [1.165, 1.54) is 0 Å². The molecule has 1 saturated heterocycles.